The maximum Gasteiger partial charge on any atom is 0.306 e. The number of rotatable bonds is 5. The van der Waals surface area contributed by atoms with Gasteiger partial charge >= 0.3 is 5.97 Å². The Labute approximate surface area is 135 Å². The Bertz CT molecular complexity index is 710. The second kappa shape index (κ2) is 6.81. The van der Waals surface area contributed by atoms with Crippen LogP contribution in [0.3, 0.4) is 0 Å². The maximum absolute atomic E-state index is 12.2. The number of aromatic nitrogens is 2. The number of hydrogen-bond acceptors (Lipinski definition) is 4. The molecule has 6 nitrogen and oxygen atoms in total. The molecule has 0 bridgehead atoms. The zero-order chi connectivity index (χ0) is 16.2. The van der Waals surface area contributed by atoms with Gasteiger partial charge in [0.25, 0.3) is 0 Å². The summed E-state index contributed by atoms with van der Waals surface area (Å²) < 4.78 is 7.01. The molecule has 2 heterocycles. The molecule has 0 saturated carbocycles. The number of ether oxygens (including phenoxy) is 1. The van der Waals surface area contributed by atoms with E-state index < -0.39 is 0 Å². The van der Waals surface area contributed by atoms with Crippen molar-refractivity contribution in [3.8, 4) is 0 Å². The topological polar surface area (TPSA) is 64.4 Å². The average Bonchev–Trinajstić information content (AvgIpc) is 3.19. The molecule has 1 aromatic heterocycles. The number of para-hydroxylation sites is 2. The lowest BCUT2D eigenvalue weighted by molar-refractivity contribution is -0.145. The first kappa shape index (κ1) is 15.5. The molecule has 1 aromatic carbocycles. The minimum absolute atomic E-state index is 0.0185. The van der Waals surface area contributed by atoms with E-state index in [0.29, 0.717) is 13.2 Å². The molecule has 23 heavy (non-hydrogen) atoms. The van der Waals surface area contributed by atoms with E-state index in [1.807, 2.05) is 35.5 Å². The van der Waals surface area contributed by atoms with Gasteiger partial charge < -0.3 is 14.2 Å². The fraction of sp³-hybridized carbons (Fsp3) is 0.471. The van der Waals surface area contributed by atoms with Gasteiger partial charge in [-0.3, -0.25) is 9.59 Å². The van der Waals surface area contributed by atoms with Gasteiger partial charge in [0.15, 0.2) is 0 Å². The van der Waals surface area contributed by atoms with Crippen LogP contribution in [0.15, 0.2) is 30.6 Å². The second-order valence-corrected chi connectivity index (χ2v) is 5.73. The molecule has 1 atom stereocenters. The standard InChI is InChI=1S/C17H21N3O3/c1-2-23-17(22)8-7-16(21)19-10-9-13(11-19)20-12-18-14-5-3-4-6-15(14)20/h3-6,12-13H,2,7-11H2,1H3. The van der Waals surface area contributed by atoms with E-state index >= 15 is 0 Å². The van der Waals surface area contributed by atoms with Crippen molar-refractivity contribution in [1.29, 1.82) is 0 Å². The molecule has 1 aliphatic rings. The number of nitrogens with zero attached hydrogens (tertiary/aromatic N) is 3. The number of likely N-dealkylation sites (tertiary alicyclic amines) is 1. The smallest absolute Gasteiger partial charge is 0.306 e. The van der Waals surface area contributed by atoms with Crippen LogP contribution in [-0.2, 0) is 14.3 Å². The fourth-order valence-electron chi connectivity index (χ4n) is 3.06. The number of benzene rings is 1. The van der Waals surface area contributed by atoms with Gasteiger partial charge in [0.2, 0.25) is 5.91 Å². The number of carbonyl (C=O) groups is 2. The third kappa shape index (κ3) is 3.36. The first-order valence-corrected chi connectivity index (χ1v) is 8.04. The van der Waals surface area contributed by atoms with E-state index in [4.69, 9.17) is 4.74 Å². The van der Waals surface area contributed by atoms with E-state index in [-0.39, 0.29) is 30.8 Å². The van der Waals surface area contributed by atoms with Crippen LogP contribution in [-0.4, -0.2) is 46.0 Å². The molecular weight excluding hydrogens is 294 g/mol. The van der Waals surface area contributed by atoms with Crippen molar-refractivity contribution in [2.75, 3.05) is 19.7 Å². The Morgan fingerprint density at radius 3 is 2.96 bits per heavy atom. The summed E-state index contributed by atoms with van der Waals surface area (Å²) in [6.07, 6.45) is 3.13. The predicted octanol–water partition coefficient (Wildman–Crippen LogP) is 2.15. The van der Waals surface area contributed by atoms with E-state index in [1.54, 1.807) is 6.92 Å². The highest BCUT2D eigenvalue weighted by molar-refractivity contribution is 5.81. The number of fused-ring (bicyclic) bond motifs is 1. The molecule has 0 N–H and O–H groups in total. The molecule has 1 aliphatic heterocycles. The van der Waals surface area contributed by atoms with Crippen LogP contribution in [0.25, 0.3) is 11.0 Å². The second-order valence-electron chi connectivity index (χ2n) is 5.73. The summed E-state index contributed by atoms with van der Waals surface area (Å²) in [5.41, 5.74) is 2.07. The van der Waals surface area contributed by atoms with Gasteiger partial charge in [-0.2, -0.15) is 0 Å². The summed E-state index contributed by atoms with van der Waals surface area (Å²) in [5, 5.41) is 0. The SMILES string of the molecule is CCOC(=O)CCC(=O)N1CCC(n2cnc3ccccc32)C1. The van der Waals surface area contributed by atoms with Gasteiger partial charge in [-0.1, -0.05) is 12.1 Å². The number of amides is 1. The van der Waals surface area contributed by atoms with Crippen molar-refractivity contribution in [3.05, 3.63) is 30.6 Å². The van der Waals surface area contributed by atoms with Crippen LogP contribution in [0.4, 0.5) is 0 Å². The molecule has 0 spiro atoms. The highest BCUT2D eigenvalue weighted by atomic mass is 16.5. The Kier molecular flexibility index (Phi) is 4.60. The highest BCUT2D eigenvalue weighted by Crippen LogP contribution is 2.26. The number of hydrogen-bond donors (Lipinski definition) is 0. The van der Waals surface area contributed by atoms with Crippen molar-refractivity contribution >= 4 is 22.9 Å². The summed E-state index contributed by atoms with van der Waals surface area (Å²) in [7, 11) is 0. The van der Waals surface area contributed by atoms with Crippen LogP contribution in [0, 0.1) is 0 Å². The van der Waals surface area contributed by atoms with Crippen molar-refractivity contribution < 1.29 is 14.3 Å². The van der Waals surface area contributed by atoms with Crippen molar-refractivity contribution in [2.24, 2.45) is 0 Å². The number of carbonyl (C=O) groups excluding carboxylic acids is 2. The van der Waals surface area contributed by atoms with E-state index in [2.05, 4.69) is 9.55 Å². The molecule has 1 amide bonds. The summed E-state index contributed by atoms with van der Waals surface area (Å²) in [6.45, 7) is 3.51. The first-order chi connectivity index (χ1) is 11.2. The van der Waals surface area contributed by atoms with Gasteiger partial charge in [0.1, 0.15) is 0 Å². The minimum Gasteiger partial charge on any atom is -0.466 e. The third-order valence-electron chi connectivity index (χ3n) is 4.24. The summed E-state index contributed by atoms with van der Waals surface area (Å²) in [4.78, 5) is 29.8. The van der Waals surface area contributed by atoms with Crippen molar-refractivity contribution in [2.45, 2.75) is 32.2 Å². The summed E-state index contributed by atoms with van der Waals surface area (Å²) in [6, 6.07) is 8.25. The molecule has 0 aliphatic carbocycles. The average molecular weight is 315 g/mol. The lowest BCUT2D eigenvalue weighted by atomic mass is 10.2. The van der Waals surface area contributed by atoms with Gasteiger partial charge in [-0.15, -0.1) is 0 Å². The van der Waals surface area contributed by atoms with Crippen LogP contribution >= 0.6 is 0 Å². The molecule has 6 heteroatoms. The van der Waals surface area contributed by atoms with E-state index in [0.717, 1.165) is 24.0 Å². The third-order valence-corrected chi connectivity index (χ3v) is 4.24. The largest absolute Gasteiger partial charge is 0.466 e. The Morgan fingerprint density at radius 2 is 2.13 bits per heavy atom. The number of imidazole rings is 1. The highest BCUT2D eigenvalue weighted by Gasteiger charge is 2.28. The number of esters is 1. The van der Waals surface area contributed by atoms with E-state index in [9.17, 15) is 9.59 Å². The molecule has 2 aromatic rings. The van der Waals surface area contributed by atoms with Gasteiger partial charge in [0, 0.05) is 19.5 Å². The maximum atomic E-state index is 12.2. The lowest BCUT2D eigenvalue weighted by Gasteiger charge is -2.17. The van der Waals surface area contributed by atoms with Gasteiger partial charge in [0.05, 0.1) is 36.4 Å². The molecular formula is C17H21N3O3. The molecule has 1 saturated heterocycles. The van der Waals surface area contributed by atoms with Crippen LogP contribution in [0.5, 0.6) is 0 Å². The van der Waals surface area contributed by atoms with Crippen LogP contribution < -0.4 is 0 Å². The summed E-state index contributed by atoms with van der Waals surface area (Å²) >= 11 is 0. The minimum atomic E-state index is -0.308. The molecule has 122 valence electrons. The molecule has 1 unspecified atom stereocenters. The van der Waals surface area contributed by atoms with Crippen molar-refractivity contribution in [3.63, 3.8) is 0 Å². The molecule has 1 fully saturated rings. The van der Waals surface area contributed by atoms with Gasteiger partial charge in [-0.05, 0) is 25.5 Å². The Hall–Kier alpha value is -2.37. The van der Waals surface area contributed by atoms with Crippen LogP contribution in [0.1, 0.15) is 32.2 Å². The Balaban J connectivity index is 1.60. The summed E-state index contributed by atoms with van der Waals surface area (Å²) in [5.74, 6) is -0.290. The normalized spacial score (nSPS) is 17.6. The first-order valence-electron chi connectivity index (χ1n) is 8.04. The van der Waals surface area contributed by atoms with Crippen LogP contribution in [0.2, 0.25) is 0 Å². The zero-order valence-electron chi connectivity index (χ0n) is 13.3. The van der Waals surface area contributed by atoms with E-state index in [1.165, 1.54) is 0 Å². The molecule has 0 radical (unpaired) electrons. The predicted molar refractivity (Wildman–Crippen MR) is 85.8 cm³/mol. The van der Waals surface area contributed by atoms with Crippen molar-refractivity contribution in [1.82, 2.24) is 14.5 Å². The fourth-order valence-corrected chi connectivity index (χ4v) is 3.06. The zero-order valence-corrected chi connectivity index (χ0v) is 13.3. The van der Waals surface area contributed by atoms with Gasteiger partial charge in [-0.25, -0.2) is 4.98 Å². The Morgan fingerprint density at radius 1 is 1.30 bits per heavy atom. The quantitative estimate of drug-likeness (QED) is 0.793. The lowest BCUT2D eigenvalue weighted by Crippen LogP contribution is -2.29. The monoisotopic (exact) mass is 315 g/mol. The molecule has 3 rings (SSSR count).